The Bertz CT molecular complexity index is 283. The molecule has 0 fully saturated rings. The van der Waals surface area contributed by atoms with Gasteiger partial charge in [-0.15, -0.1) is 0 Å². The second kappa shape index (κ2) is 4.14. The second-order valence-corrected chi connectivity index (χ2v) is 3.26. The number of benzene rings is 1. The molecule has 0 heterocycles. The van der Waals surface area contributed by atoms with Crippen LogP contribution < -0.4 is 16.4 Å². The SMILES string of the molecule is Cc1ccc(N)cc1N(C)CCN. The number of nitrogens with zero attached hydrogens (tertiary/aromatic N) is 1. The summed E-state index contributed by atoms with van der Waals surface area (Å²) in [5.74, 6) is 0. The topological polar surface area (TPSA) is 55.3 Å². The van der Waals surface area contributed by atoms with Gasteiger partial charge in [0.2, 0.25) is 0 Å². The summed E-state index contributed by atoms with van der Waals surface area (Å²) in [5, 5.41) is 0. The fourth-order valence-electron chi connectivity index (χ4n) is 1.35. The molecule has 0 aliphatic heterocycles. The number of hydrogen-bond acceptors (Lipinski definition) is 3. The average molecular weight is 179 g/mol. The maximum absolute atomic E-state index is 5.70. The van der Waals surface area contributed by atoms with Crippen LogP contribution in [0.4, 0.5) is 11.4 Å². The standard InChI is InChI=1S/C10H17N3/c1-8-3-4-9(12)7-10(8)13(2)6-5-11/h3-4,7H,5-6,11-12H2,1-2H3. The van der Waals surface area contributed by atoms with Gasteiger partial charge in [0, 0.05) is 31.5 Å². The summed E-state index contributed by atoms with van der Waals surface area (Å²) < 4.78 is 0. The van der Waals surface area contributed by atoms with E-state index in [1.807, 2.05) is 25.2 Å². The van der Waals surface area contributed by atoms with Crippen LogP contribution in [0.5, 0.6) is 0 Å². The number of rotatable bonds is 3. The summed E-state index contributed by atoms with van der Waals surface area (Å²) >= 11 is 0. The van der Waals surface area contributed by atoms with Gasteiger partial charge in [0.25, 0.3) is 0 Å². The van der Waals surface area contributed by atoms with Crippen molar-refractivity contribution in [1.29, 1.82) is 0 Å². The molecule has 0 atom stereocenters. The van der Waals surface area contributed by atoms with E-state index in [1.165, 1.54) is 5.56 Å². The molecule has 0 saturated carbocycles. The van der Waals surface area contributed by atoms with E-state index in [4.69, 9.17) is 11.5 Å². The summed E-state index contributed by atoms with van der Waals surface area (Å²) in [7, 11) is 2.02. The quantitative estimate of drug-likeness (QED) is 0.680. The minimum absolute atomic E-state index is 0.657. The van der Waals surface area contributed by atoms with Gasteiger partial charge in [0.1, 0.15) is 0 Å². The van der Waals surface area contributed by atoms with Crippen molar-refractivity contribution in [3.63, 3.8) is 0 Å². The fourth-order valence-corrected chi connectivity index (χ4v) is 1.35. The molecule has 4 N–H and O–H groups in total. The summed E-state index contributed by atoms with van der Waals surface area (Å²) in [4.78, 5) is 2.12. The third kappa shape index (κ3) is 2.36. The number of anilines is 2. The van der Waals surface area contributed by atoms with E-state index in [0.29, 0.717) is 6.54 Å². The molecule has 1 rings (SSSR count). The number of aryl methyl sites for hydroxylation is 1. The van der Waals surface area contributed by atoms with Crippen molar-refractivity contribution in [1.82, 2.24) is 0 Å². The zero-order chi connectivity index (χ0) is 9.84. The number of nitrogens with two attached hydrogens (primary N) is 2. The molecule has 0 unspecified atom stereocenters. The number of likely N-dealkylation sites (N-methyl/N-ethyl adjacent to an activating group) is 1. The fraction of sp³-hybridized carbons (Fsp3) is 0.400. The molecule has 0 amide bonds. The Morgan fingerprint density at radius 3 is 2.69 bits per heavy atom. The van der Waals surface area contributed by atoms with Crippen LogP contribution in [0.15, 0.2) is 18.2 Å². The van der Waals surface area contributed by atoms with Crippen molar-refractivity contribution in [2.75, 3.05) is 30.8 Å². The van der Waals surface area contributed by atoms with Gasteiger partial charge in [-0.05, 0) is 24.6 Å². The molecule has 0 saturated heterocycles. The van der Waals surface area contributed by atoms with Crippen LogP contribution >= 0.6 is 0 Å². The molecule has 0 bridgehead atoms. The molecular formula is C10H17N3. The Morgan fingerprint density at radius 1 is 1.38 bits per heavy atom. The van der Waals surface area contributed by atoms with E-state index in [1.54, 1.807) is 0 Å². The highest BCUT2D eigenvalue weighted by molar-refractivity contribution is 5.60. The number of nitrogen functional groups attached to an aromatic ring is 1. The molecule has 0 radical (unpaired) electrons. The zero-order valence-corrected chi connectivity index (χ0v) is 8.25. The lowest BCUT2D eigenvalue weighted by Gasteiger charge is -2.20. The van der Waals surface area contributed by atoms with E-state index in [2.05, 4.69) is 11.8 Å². The Morgan fingerprint density at radius 2 is 2.08 bits per heavy atom. The van der Waals surface area contributed by atoms with Crippen LogP contribution in [0.1, 0.15) is 5.56 Å². The molecule has 1 aromatic rings. The normalized spacial score (nSPS) is 10.1. The minimum atomic E-state index is 0.657. The molecule has 72 valence electrons. The Hall–Kier alpha value is -1.22. The second-order valence-electron chi connectivity index (χ2n) is 3.26. The van der Waals surface area contributed by atoms with Crippen LogP contribution in [0, 0.1) is 6.92 Å². The molecule has 1 aromatic carbocycles. The third-order valence-electron chi connectivity index (χ3n) is 2.11. The van der Waals surface area contributed by atoms with E-state index < -0.39 is 0 Å². The third-order valence-corrected chi connectivity index (χ3v) is 2.11. The van der Waals surface area contributed by atoms with Crippen LogP contribution in [0.3, 0.4) is 0 Å². The van der Waals surface area contributed by atoms with Gasteiger partial charge in [-0.25, -0.2) is 0 Å². The maximum Gasteiger partial charge on any atom is 0.0414 e. The first-order chi connectivity index (χ1) is 6.15. The van der Waals surface area contributed by atoms with Crippen LogP contribution in [0.2, 0.25) is 0 Å². The highest BCUT2D eigenvalue weighted by Gasteiger charge is 2.03. The van der Waals surface area contributed by atoms with Gasteiger partial charge in [-0.3, -0.25) is 0 Å². The zero-order valence-electron chi connectivity index (χ0n) is 8.25. The van der Waals surface area contributed by atoms with Gasteiger partial charge >= 0.3 is 0 Å². The summed E-state index contributed by atoms with van der Waals surface area (Å²) in [6.07, 6.45) is 0. The van der Waals surface area contributed by atoms with Crippen molar-refractivity contribution in [2.24, 2.45) is 5.73 Å². The van der Waals surface area contributed by atoms with E-state index in [-0.39, 0.29) is 0 Å². The van der Waals surface area contributed by atoms with Crippen LogP contribution in [-0.4, -0.2) is 20.1 Å². The molecule has 0 spiro atoms. The molecule has 0 aromatic heterocycles. The molecule has 0 aliphatic carbocycles. The maximum atomic E-state index is 5.70. The molecule has 3 heteroatoms. The Labute approximate surface area is 79.3 Å². The average Bonchev–Trinajstić information content (AvgIpc) is 2.09. The lowest BCUT2D eigenvalue weighted by molar-refractivity contribution is 0.882. The first kappa shape index (κ1) is 9.86. The summed E-state index contributed by atoms with van der Waals surface area (Å²) in [6, 6.07) is 5.91. The van der Waals surface area contributed by atoms with Gasteiger partial charge in [-0.1, -0.05) is 6.07 Å². The van der Waals surface area contributed by atoms with Crippen LogP contribution in [0.25, 0.3) is 0 Å². The minimum Gasteiger partial charge on any atom is -0.399 e. The van der Waals surface area contributed by atoms with Crippen LogP contribution in [-0.2, 0) is 0 Å². The van der Waals surface area contributed by atoms with E-state index in [9.17, 15) is 0 Å². The first-order valence-electron chi connectivity index (χ1n) is 4.42. The monoisotopic (exact) mass is 179 g/mol. The van der Waals surface area contributed by atoms with Crippen molar-refractivity contribution < 1.29 is 0 Å². The molecule has 0 aliphatic rings. The highest BCUT2D eigenvalue weighted by atomic mass is 15.1. The highest BCUT2D eigenvalue weighted by Crippen LogP contribution is 2.21. The number of hydrogen-bond donors (Lipinski definition) is 2. The van der Waals surface area contributed by atoms with Gasteiger partial charge in [0.15, 0.2) is 0 Å². The van der Waals surface area contributed by atoms with Crippen molar-refractivity contribution in [2.45, 2.75) is 6.92 Å². The van der Waals surface area contributed by atoms with Crippen molar-refractivity contribution >= 4 is 11.4 Å². The van der Waals surface area contributed by atoms with Crippen molar-refractivity contribution in [3.8, 4) is 0 Å². The Balaban J connectivity index is 2.91. The lowest BCUT2D eigenvalue weighted by Crippen LogP contribution is -2.25. The van der Waals surface area contributed by atoms with E-state index >= 15 is 0 Å². The van der Waals surface area contributed by atoms with E-state index in [0.717, 1.165) is 17.9 Å². The molecular weight excluding hydrogens is 162 g/mol. The predicted molar refractivity (Wildman–Crippen MR) is 57.9 cm³/mol. The molecule has 13 heavy (non-hydrogen) atoms. The lowest BCUT2D eigenvalue weighted by atomic mass is 10.1. The van der Waals surface area contributed by atoms with Crippen molar-refractivity contribution in [3.05, 3.63) is 23.8 Å². The van der Waals surface area contributed by atoms with Gasteiger partial charge in [-0.2, -0.15) is 0 Å². The molecule has 3 nitrogen and oxygen atoms in total. The summed E-state index contributed by atoms with van der Waals surface area (Å²) in [6.45, 7) is 3.58. The van der Waals surface area contributed by atoms with Gasteiger partial charge in [0.05, 0.1) is 0 Å². The smallest absolute Gasteiger partial charge is 0.0414 e. The Kier molecular flexibility index (Phi) is 3.14. The predicted octanol–water partition coefficient (Wildman–Crippen LogP) is 0.972. The largest absolute Gasteiger partial charge is 0.399 e. The van der Waals surface area contributed by atoms with Gasteiger partial charge < -0.3 is 16.4 Å². The first-order valence-corrected chi connectivity index (χ1v) is 4.42. The summed E-state index contributed by atoms with van der Waals surface area (Å²) in [5.41, 5.74) is 14.4.